The lowest BCUT2D eigenvalue weighted by Crippen LogP contribution is -2.17. The first kappa shape index (κ1) is 18.7. The second-order valence-corrected chi connectivity index (χ2v) is 6.51. The Morgan fingerprint density at radius 3 is 2.48 bits per heavy atom. The molecule has 1 amide bonds. The second kappa shape index (κ2) is 8.09. The third-order valence-corrected chi connectivity index (χ3v) is 4.53. The molecular formula is C20H17BrN2O4. The number of benzene rings is 3. The van der Waals surface area contributed by atoms with E-state index in [2.05, 4.69) is 26.5 Å². The van der Waals surface area contributed by atoms with Crippen LogP contribution >= 0.6 is 15.9 Å². The second-order valence-electron chi connectivity index (χ2n) is 5.65. The van der Waals surface area contributed by atoms with E-state index in [-0.39, 0.29) is 11.3 Å². The molecule has 0 aliphatic carbocycles. The zero-order chi connectivity index (χ0) is 19.4. The quantitative estimate of drug-likeness (QED) is 0.473. The lowest BCUT2D eigenvalue weighted by molar-refractivity contribution is 0.0952. The van der Waals surface area contributed by atoms with E-state index in [1.54, 1.807) is 31.4 Å². The van der Waals surface area contributed by atoms with Crippen LogP contribution < -0.4 is 14.9 Å². The maximum absolute atomic E-state index is 12.4. The molecular weight excluding hydrogens is 412 g/mol. The third kappa shape index (κ3) is 4.03. The lowest BCUT2D eigenvalue weighted by atomic mass is 10.1. The van der Waals surface area contributed by atoms with Crippen molar-refractivity contribution in [3.8, 4) is 17.2 Å². The number of rotatable bonds is 5. The Kier molecular flexibility index (Phi) is 5.61. The SMILES string of the molecule is COc1cc(/C=N\NC(=O)c2cc3ccccc3cc2O)cc(Br)c1OC. The van der Waals surface area contributed by atoms with E-state index in [4.69, 9.17) is 9.47 Å². The molecule has 3 rings (SSSR count). The van der Waals surface area contributed by atoms with Gasteiger partial charge in [0.15, 0.2) is 11.5 Å². The van der Waals surface area contributed by atoms with E-state index in [9.17, 15) is 9.90 Å². The minimum atomic E-state index is -0.506. The van der Waals surface area contributed by atoms with Gasteiger partial charge in [-0.1, -0.05) is 24.3 Å². The first-order chi connectivity index (χ1) is 13.0. The number of nitrogens with zero attached hydrogens (tertiary/aromatic N) is 1. The molecule has 0 atom stereocenters. The number of hydrazone groups is 1. The summed E-state index contributed by atoms with van der Waals surface area (Å²) >= 11 is 3.40. The molecule has 0 aliphatic heterocycles. The molecule has 2 N–H and O–H groups in total. The monoisotopic (exact) mass is 428 g/mol. The Balaban J connectivity index is 1.80. The molecule has 0 saturated heterocycles. The first-order valence-electron chi connectivity index (χ1n) is 8.00. The molecule has 3 aromatic rings. The summed E-state index contributed by atoms with van der Waals surface area (Å²) in [7, 11) is 3.09. The number of phenols is 1. The number of amides is 1. The molecule has 0 saturated carbocycles. The van der Waals surface area contributed by atoms with Crippen molar-refractivity contribution in [2.75, 3.05) is 14.2 Å². The number of nitrogens with one attached hydrogen (secondary N) is 1. The van der Waals surface area contributed by atoms with Crippen LogP contribution in [0.5, 0.6) is 17.2 Å². The Morgan fingerprint density at radius 1 is 1.11 bits per heavy atom. The number of hydrogen-bond acceptors (Lipinski definition) is 5. The molecule has 27 heavy (non-hydrogen) atoms. The summed E-state index contributed by atoms with van der Waals surface area (Å²) in [6, 6.07) is 14.2. The smallest absolute Gasteiger partial charge is 0.275 e. The van der Waals surface area contributed by atoms with Gasteiger partial charge in [0.25, 0.3) is 5.91 Å². The largest absolute Gasteiger partial charge is 0.507 e. The van der Waals surface area contributed by atoms with Crippen LogP contribution in [0.1, 0.15) is 15.9 Å². The number of fused-ring (bicyclic) bond motifs is 1. The van der Waals surface area contributed by atoms with Gasteiger partial charge < -0.3 is 14.6 Å². The molecule has 0 unspecified atom stereocenters. The zero-order valence-electron chi connectivity index (χ0n) is 14.7. The zero-order valence-corrected chi connectivity index (χ0v) is 16.3. The number of carbonyl (C=O) groups excluding carboxylic acids is 1. The van der Waals surface area contributed by atoms with Crippen molar-refractivity contribution >= 4 is 38.8 Å². The number of phenolic OH excluding ortho intramolecular Hbond substituents is 1. The molecule has 0 heterocycles. The van der Waals surface area contributed by atoms with E-state index in [0.717, 1.165) is 10.8 Å². The summed E-state index contributed by atoms with van der Waals surface area (Å²) in [5.41, 5.74) is 3.27. The number of carbonyl (C=O) groups is 1. The van der Waals surface area contributed by atoms with Crippen molar-refractivity contribution in [1.29, 1.82) is 0 Å². The highest BCUT2D eigenvalue weighted by molar-refractivity contribution is 9.10. The molecule has 0 bridgehead atoms. The van der Waals surface area contributed by atoms with Gasteiger partial charge in [-0.15, -0.1) is 0 Å². The van der Waals surface area contributed by atoms with Crippen LogP contribution in [0.15, 0.2) is 58.1 Å². The minimum absolute atomic E-state index is 0.102. The summed E-state index contributed by atoms with van der Waals surface area (Å²) in [4.78, 5) is 12.4. The van der Waals surface area contributed by atoms with E-state index in [1.165, 1.54) is 13.3 Å². The van der Waals surface area contributed by atoms with Crippen molar-refractivity contribution in [2.45, 2.75) is 0 Å². The van der Waals surface area contributed by atoms with Gasteiger partial charge in [-0.3, -0.25) is 4.79 Å². The molecule has 0 spiro atoms. The molecule has 0 aliphatic rings. The number of methoxy groups -OCH3 is 2. The van der Waals surface area contributed by atoms with Crippen molar-refractivity contribution in [3.05, 3.63) is 64.1 Å². The summed E-state index contributed by atoms with van der Waals surface area (Å²) in [6.07, 6.45) is 1.47. The maximum Gasteiger partial charge on any atom is 0.275 e. The van der Waals surface area contributed by atoms with Crippen LogP contribution in [0.2, 0.25) is 0 Å². The van der Waals surface area contributed by atoms with Gasteiger partial charge >= 0.3 is 0 Å². The average Bonchev–Trinajstić information content (AvgIpc) is 2.66. The van der Waals surface area contributed by atoms with Crippen LogP contribution in [-0.4, -0.2) is 31.4 Å². The van der Waals surface area contributed by atoms with E-state index < -0.39 is 5.91 Å². The predicted octanol–water partition coefficient (Wildman–Crippen LogP) is 4.09. The molecule has 0 aromatic heterocycles. The van der Waals surface area contributed by atoms with Gasteiger partial charge in [0.1, 0.15) is 5.75 Å². The average molecular weight is 429 g/mol. The molecule has 7 heteroatoms. The topological polar surface area (TPSA) is 80.2 Å². The third-order valence-electron chi connectivity index (χ3n) is 3.94. The summed E-state index contributed by atoms with van der Waals surface area (Å²) in [5.74, 6) is 0.496. The summed E-state index contributed by atoms with van der Waals surface area (Å²) in [5, 5.41) is 15.8. The normalized spacial score (nSPS) is 10.9. The summed E-state index contributed by atoms with van der Waals surface area (Å²) < 4.78 is 11.2. The minimum Gasteiger partial charge on any atom is -0.507 e. The van der Waals surface area contributed by atoms with Gasteiger partial charge in [0.05, 0.1) is 30.5 Å². The molecule has 6 nitrogen and oxygen atoms in total. The number of aromatic hydroxyl groups is 1. The van der Waals surface area contributed by atoms with Crippen LogP contribution in [0.3, 0.4) is 0 Å². The first-order valence-corrected chi connectivity index (χ1v) is 8.79. The van der Waals surface area contributed by atoms with Crippen LogP contribution in [0.4, 0.5) is 0 Å². The maximum atomic E-state index is 12.4. The molecule has 138 valence electrons. The van der Waals surface area contributed by atoms with Crippen molar-refractivity contribution in [1.82, 2.24) is 5.43 Å². The van der Waals surface area contributed by atoms with E-state index >= 15 is 0 Å². The van der Waals surface area contributed by atoms with Crippen LogP contribution in [0.25, 0.3) is 10.8 Å². The fourth-order valence-electron chi connectivity index (χ4n) is 2.65. The standard InChI is InChI=1S/C20H17BrN2O4/c1-26-18-8-12(7-16(21)19(18)27-2)11-22-23-20(25)15-9-13-5-3-4-6-14(13)10-17(15)24/h3-11,24H,1-2H3,(H,23,25)/b22-11-. The predicted molar refractivity (Wildman–Crippen MR) is 108 cm³/mol. The fraction of sp³-hybridized carbons (Fsp3) is 0.100. The van der Waals surface area contributed by atoms with Crippen molar-refractivity contribution in [3.63, 3.8) is 0 Å². The Bertz CT molecular complexity index is 1030. The molecule has 0 fully saturated rings. The van der Waals surface area contributed by atoms with Crippen LogP contribution in [0, 0.1) is 0 Å². The highest BCUT2D eigenvalue weighted by Gasteiger charge is 2.12. The number of halogens is 1. The van der Waals surface area contributed by atoms with Gasteiger partial charge in [-0.2, -0.15) is 5.10 Å². The van der Waals surface area contributed by atoms with Crippen LogP contribution in [-0.2, 0) is 0 Å². The highest BCUT2D eigenvalue weighted by atomic mass is 79.9. The Labute approximate surface area is 164 Å². The Morgan fingerprint density at radius 2 is 1.81 bits per heavy atom. The van der Waals surface area contributed by atoms with E-state index in [1.807, 2.05) is 24.3 Å². The lowest BCUT2D eigenvalue weighted by Gasteiger charge is -2.10. The number of ether oxygens (including phenoxy) is 2. The number of hydrogen-bond donors (Lipinski definition) is 2. The van der Waals surface area contributed by atoms with Gasteiger partial charge in [0, 0.05) is 0 Å². The summed E-state index contributed by atoms with van der Waals surface area (Å²) in [6.45, 7) is 0. The molecule has 3 aromatic carbocycles. The fourth-order valence-corrected chi connectivity index (χ4v) is 3.27. The Hall–Kier alpha value is -3.06. The van der Waals surface area contributed by atoms with Crippen molar-refractivity contribution < 1.29 is 19.4 Å². The van der Waals surface area contributed by atoms with Gasteiger partial charge in [0.2, 0.25) is 0 Å². The van der Waals surface area contributed by atoms with E-state index in [0.29, 0.717) is 21.5 Å². The van der Waals surface area contributed by atoms with Gasteiger partial charge in [-0.25, -0.2) is 5.43 Å². The molecule has 0 radical (unpaired) electrons. The van der Waals surface area contributed by atoms with Gasteiger partial charge in [-0.05, 0) is 56.5 Å². The van der Waals surface area contributed by atoms with Crippen molar-refractivity contribution in [2.24, 2.45) is 5.10 Å². The highest BCUT2D eigenvalue weighted by Crippen LogP contribution is 2.35.